The molecule has 0 unspecified atom stereocenters. The number of rotatable bonds is 3. The first kappa shape index (κ1) is 17.4. The van der Waals surface area contributed by atoms with Crippen LogP contribution in [0.15, 0.2) is 79.4 Å². The summed E-state index contributed by atoms with van der Waals surface area (Å²) in [5.41, 5.74) is 9.28. The van der Waals surface area contributed by atoms with Gasteiger partial charge in [0.1, 0.15) is 5.82 Å². The summed E-state index contributed by atoms with van der Waals surface area (Å²) in [6.07, 6.45) is 5.75. The van der Waals surface area contributed by atoms with Crippen molar-refractivity contribution in [1.29, 1.82) is 0 Å². The molecule has 0 N–H and O–H groups in total. The topological polar surface area (TPSA) is 35.6 Å². The van der Waals surface area contributed by atoms with Crippen LogP contribution in [0.5, 0.6) is 0 Å². The lowest BCUT2D eigenvalue weighted by atomic mass is 9.98. The highest BCUT2D eigenvalue weighted by molar-refractivity contribution is 5.81. The van der Waals surface area contributed by atoms with Crippen LogP contribution in [0.4, 0.5) is 0 Å². The van der Waals surface area contributed by atoms with Crippen molar-refractivity contribution in [3.63, 3.8) is 0 Å². The molecule has 2 heterocycles. The van der Waals surface area contributed by atoms with E-state index >= 15 is 0 Å². The zero-order valence-corrected chi connectivity index (χ0v) is 16.8. The quantitative estimate of drug-likeness (QED) is 0.403. The molecule has 29 heavy (non-hydrogen) atoms. The molecule has 0 bridgehead atoms. The van der Waals surface area contributed by atoms with Crippen LogP contribution in [0.1, 0.15) is 11.1 Å². The highest BCUT2D eigenvalue weighted by Gasteiger charge is 2.14. The van der Waals surface area contributed by atoms with E-state index < -0.39 is 0 Å². The van der Waals surface area contributed by atoms with Gasteiger partial charge in [0, 0.05) is 25.0 Å². The molecule has 4 heteroatoms. The molecule has 0 spiro atoms. The maximum absolute atomic E-state index is 4.68. The average Bonchev–Trinajstić information content (AvgIpc) is 3.35. The molecule has 5 aromatic rings. The number of aryl methyl sites for hydroxylation is 3. The fourth-order valence-electron chi connectivity index (χ4n) is 4.10. The maximum Gasteiger partial charge on any atom is 0.144 e. The third kappa shape index (κ3) is 2.93. The van der Waals surface area contributed by atoms with E-state index in [0.717, 1.165) is 22.4 Å². The van der Waals surface area contributed by atoms with E-state index in [1.165, 1.54) is 27.9 Å². The predicted molar refractivity (Wildman–Crippen MR) is 118 cm³/mol. The molecule has 0 radical (unpaired) electrons. The fraction of sp³-hybridized carbons (Fsp3) is 0.120. The second-order valence-electron chi connectivity index (χ2n) is 7.50. The summed E-state index contributed by atoms with van der Waals surface area (Å²) in [5, 5.41) is 0. The molecule has 3 aromatic carbocycles. The van der Waals surface area contributed by atoms with Gasteiger partial charge in [0.05, 0.1) is 23.0 Å². The zero-order valence-electron chi connectivity index (χ0n) is 16.8. The molecule has 5 rings (SSSR count). The Morgan fingerprint density at radius 2 is 1.52 bits per heavy atom. The van der Waals surface area contributed by atoms with E-state index in [0.29, 0.717) is 0 Å². The summed E-state index contributed by atoms with van der Waals surface area (Å²) in [4.78, 5) is 9.10. The lowest BCUT2D eigenvalue weighted by Gasteiger charge is -2.16. The Balaban J connectivity index is 1.64. The Kier molecular flexibility index (Phi) is 4.06. The molecule has 0 aliphatic heterocycles. The van der Waals surface area contributed by atoms with E-state index in [2.05, 4.69) is 89.0 Å². The number of hydrogen-bond donors (Lipinski definition) is 0. The van der Waals surface area contributed by atoms with E-state index in [4.69, 9.17) is 0 Å². The van der Waals surface area contributed by atoms with Crippen LogP contribution in [0.2, 0.25) is 0 Å². The molecule has 0 fully saturated rings. The monoisotopic (exact) mass is 378 g/mol. The smallest absolute Gasteiger partial charge is 0.144 e. The lowest BCUT2D eigenvalue weighted by Crippen LogP contribution is -2.02. The molecule has 2 aromatic heterocycles. The van der Waals surface area contributed by atoms with Gasteiger partial charge in [-0.3, -0.25) is 4.57 Å². The van der Waals surface area contributed by atoms with Gasteiger partial charge in [0.2, 0.25) is 0 Å². The normalized spacial score (nSPS) is 11.3. The van der Waals surface area contributed by atoms with Crippen molar-refractivity contribution in [1.82, 2.24) is 19.1 Å². The Labute approximate surface area is 170 Å². The van der Waals surface area contributed by atoms with Gasteiger partial charge < -0.3 is 4.57 Å². The number of hydrogen-bond acceptors (Lipinski definition) is 2. The molecule has 142 valence electrons. The number of aromatic nitrogens is 4. The van der Waals surface area contributed by atoms with Crippen molar-refractivity contribution in [2.45, 2.75) is 13.8 Å². The van der Waals surface area contributed by atoms with E-state index in [-0.39, 0.29) is 0 Å². The zero-order chi connectivity index (χ0) is 20.0. The van der Waals surface area contributed by atoms with Crippen molar-refractivity contribution in [3.8, 4) is 28.2 Å². The van der Waals surface area contributed by atoms with Crippen LogP contribution in [-0.2, 0) is 7.05 Å². The summed E-state index contributed by atoms with van der Waals surface area (Å²) < 4.78 is 4.23. The van der Waals surface area contributed by atoms with Crippen molar-refractivity contribution in [2.24, 2.45) is 7.05 Å². The van der Waals surface area contributed by atoms with Crippen LogP contribution >= 0.6 is 0 Å². The van der Waals surface area contributed by atoms with Crippen molar-refractivity contribution < 1.29 is 0 Å². The van der Waals surface area contributed by atoms with Gasteiger partial charge >= 0.3 is 0 Å². The fourth-order valence-corrected chi connectivity index (χ4v) is 4.10. The van der Waals surface area contributed by atoms with E-state index in [9.17, 15) is 0 Å². The van der Waals surface area contributed by atoms with Gasteiger partial charge in [0.15, 0.2) is 0 Å². The molecule has 0 saturated carbocycles. The summed E-state index contributed by atoms with van der Waals surface area (Å²) in [7, 11) is 2.02. The number of fused-ring (bicyclic) bond motifs is 1. The molecular weight excluding hydrogens is 356 g/mol. The first-order chi connectivity index (χ1) is 14.1. The van der Waals surface area contributed by atoms with Gasteiger partial charge in [-0.25, -0.2) is 9.97 Å². The minimum atomic E-state index is 0.937. The first-order valence-electron chi connectivity index (χ1n) is 9.73. The molecule has 0 aliphatic rings. The summed E-state index contributed by atoms with van der Waals surface area (Å²) in [5.74, 6) is 0.937. The third-order valence-electron chi connectivity index (χ3n) is 5.46. The van der Waals surface area contributed by atoms with Crippen LogP contribution in [-0.4, -0.2) is 19.1 Å². The highest BCUT2D eigenvalue weighted by atomic mass is 15.1. The summed E-state index contributed by atoms with van der Waals surface area (Å²) in [6.45, 7) is 4.34. The SMILES string of the molecule is Cc1cc(-c2ccccc2)cc(C)c1-n1ccnc1-c1ccc2ncn(C)c2c1. The number of imidazole rings is 2. The van der Waals surface area contributed by atoms with Crippen LogP contribution in [0.3, 0.4) is 0 Å². The largest absolute Gasteiger partial charge is 0.334 e. The summed E-state index contributed by atoms with van der Waals surface area (Å²) in [6, 6.07) is 21.3. The lowest BCUT2D eigenvalue weighted by molar-refractivity contribution is 0.947. The van der Waals surface area contributed by atoms with Gasteiger partial charge in [-0.1, -0.05) is 30.3 Å². The van der Waals surface area contributed by atoms with Crippen LogP contribution < -0.4 is 0 Å². The van der Waals surface area contributed by atoms with Crippen molar-refractivity contribution in [2.75, 3.05) is 0 Å². The second-order valence-corrected chi connectivity index (χ2v) is 7.50. The maximum atomic E-state index is 4.68. The van der Waals surface area contributed by atoms with Crippen molar-refractivity contribution >= 4 is 11.0 Å². The molecule has 4 nitrogen and oxygen atoms in total. The van der Waals surface area contributed by atoms with Gasteiger partial charge in [-0.05, 0) is 66.4 Å². The Morgan fingerprint density at radius 1 is 0.759 bits per heavy atom. The molecule has 0 aliphatic carbocycles. The molecule has 0 saturated heterocycles. The van der Waals surface area contributed by atoms with Gasteiger partial charge in [-0.2, -0.15) is 0 Å². The number of benzene rings is 3. The average molecular weight is 378 g/mol. The highest BCUT2D eigenvalue weighted by Crippen LogP contribution is 2.31. The second kappa shape index (κ2) is 6.74. The van der Waals surface area contributed by atoms with Gasteiger partial charge in [-0.15, -0.1) is 0 Å². The Bertz CT molecular complexity index is 1300. The van der Waals surface area contributed by atoms with Gasteiger partial charge in [0.25, 0.3) is 0 Å². The summed E-state index contributed by atoms with van der Waals surface area (Å²) >= 11 is 0. The van der Waals surface area contributed by atoms with Crippen LogP contribution in [0.25, 0.3) is 39.2 Å². The molecular formula is C25H22N4. The van der Waals surface area contributed by atoms with Crippen LogP contribution in [0, 0.1) is 13.8 Å². The standard InChI is InChI=1S/C25H22N4/c1-17-13-21(19-7-5-4-6-8-19)14-18(2)24(17)29-12-11-26-25(29)20-9-10-22-23(15-20)28(3)16-27-22/h4-16H,1-3H3. The van der Waals surface area contributed by atoms with Crippen molar-refractivity contribution in [3.05, 3.63) is 90.5 Å². The minimum Gasteiger partial charge on any atom is -0.334 e. The molecule has 0 atom stereocenters. The Hall–Kier alpha value is -3.66. The van der Waals surface area contributed by atoms with E-state index in [1.807, 2.05) is 30.3 Å². The first-order valence-corrected chi connectivity index (χ1v) is 9.73. The van der Waals surface area contributed by atoms with E-state index in [1.54, 1.807) is 0 Å². The minimum absolute atomic E-state index is 0.937. The Morgan fingerprint density at radius 3 is 2.28 bits per heavy atom. The number of nitrogens with zero attached hydrogens (tertiary/aromatic N) is 4. The predicted octanol–water partition coefficient (Wildman–Crippen LogP) is 5.71. The third-order valence-corrected chi connectivity index (χ3v) is 5.46. The molecule has 0 amide bonds.